The number of aryl methyl sites for hydroxylation is 2. The molecule has 0 atom stereocenters. The van der Waals surface area contributed by atoms with E-state index >= 15 is 0 Å². The van der Waals surface area contributed by atoms with Gasteiger partial charge in [0.1, 0.15) is 23.8 Å². The molecule has 5 heteroatoms. The summed E-state index contributed by atoms with van der Waals surface area (Å²) in [5.74, 6) is 1.45. The molecule has 0 spiro atoms. The van der Waals surface area contributed by atoms with Crippen molar-refractivity contribution in [2.24, 2.45) is 7.05 Å². The molecule has 2 aromatic carbocycles. The van der Waals surface area contributed by atoms with Gasteiger partial charge in [-0.25, -0.2) is 0 Å². The summed E-state index contributed by atoms with van der Waals surface area (Å²) in [5.41, 5.74) is 3.54. The first kappa shape index (κ1) is 18.5. The number of ketones is 1. The lowest BCUT2D eigenvalue weighted by atomic mass is 10.1. The van der Waals surface area contributed by atoms with E-state index in [9.17, 15) is 4.79 Å². The molecule has 0 radical (unpaired) electrons. The molecule has 138 valence electrons. The summed E-state index contributed by atoms with van der Waals surface area (Å²) in [6.07, 6.45) is 4.93. The van der Waals surface area contributed by atoms with Gasteiger partial charge in [-0.1, -0.05) is 29.8 Å². The van der Waals surface area contributed by atoms with Gasteiger partial charge in [0, 0.05) is 18.8 Å². The lowest BCUT2D eigenvalue weighted by Gasteiger charge is -2.11. The molecule has 0 N–H and O–H groups in total. The van der Waals surface area contributed by atoms with E-state index in [0.717, 1.165) is 22.6 Å². The summed E-state index contributed by atoms with van der Waals surface area (Å²) in [6.45, 7) is 2.42. The zero-order chi connectivity index (χ0) is 19.2. The molecule has 1 heterocycles. The van der Waals surface area contributed by atoms with E-state index in [1.54, 1.807) is 43.3 Å². The van der Waals surface area contributed by atoms with E-state index in [4.69, 9.17) is 9.47 Å². The number of carbonyl (C=O) groups excluding carboxylic acids is 1. The molecule has 3 rings (SSSR count). The number of carbonyl (C=O) groups is 1. The number of hydrogen-bond acceptors (Lipinski definition) is 4. The lowest BCUT2D eigenvalue weighted by molar-refractivity contribution is 0.103. The monoisotopic (exact) mass is 362 g/mol. The van der Waals surface area contributed by atoms with Crippen LogP contribution in [0.15, 0.2) is 60.8 Å². The van der Waals surface area contributed by atoms with Crippen LogP contribution in [0.5, 0.6) is 11.5 Å². The maximum absolute atomic E-state index is 12.2. The second kappa shape index (κ2) is 8.36. The molecule has 0 aliphatic heterocycles. The fourth-order valence-corrected chi connectivity index (χ4v) is 2.68. The van der Waals surface area contributed by atoms with Crippen LogP contribution in [0.1, 0.15) is 27.2 Å². The minimum Gasteiger partial charge on any atom is -0.496 e. The first-order valence-electron chi connectivity index (χ1n) is 8.63. The Balaban J connectivity index is 1.74. The zero-order valence-electron chi connectivity index (χ0n) is 15.7. The van der Waals surface area contributed by atoms with Crippen LogP contribution in [0.3, 0.4) is 0 Å². The molecular weight excluding hydrogens is 340 g/mol. The summed E-state index contributed by atoms with van der Waals surface area (Å²) >= 11 is 0. The van der Waals surface area contributed by atoms with Crippen molar-refractivity contribution in [3.8, 4) is 11.5 Å². The molecule has 0 unspecified atom stereocenters. The van der Waals surface area contributed by atoms with Crippen LogP contribution in [0, 0.1) is 6.92 Å². The van der Waals surface area contributed by atoms with E-state index in [2.05, 4.69) is 5.10 Å². The Labute approximate surface area is 158 Å². The highest BCUT2D eigenvalue weighted by molar-refractivity contribution is 6.05. The third kappa shape index (κ3) is 4.64. The van der Waals surface area contributed by atoms with Gasteiger partial charge >= 0.3 is 0 Å². The number of hydrogen-bond donors (Lipinski definition) is 0. The minimum absolute atomic E-state index is 0.0942. The Morgan fingerprint density at radius 3 is 2.59 bits per heavy atom. The first-order valence-corrected chi connectivity index (χ1v) is 8.63. The fraction of sp³-hybridized carbons (Fsp3) is 0.182. The smallest absolute Gasteiger partial charge is 0.203 e. The summed E-state index contributed by atoms with van der Waals surface area (Å²) in [6, 6.07) is 15.3. The van der Waals surface area contributed by atoms with Gasteiger partial charge in [-0.05, 0) is 48.9 Å². The van der Waals surface area contributed by atoms with Crippen LogP contribution in [-0.2, 0) is 13.7 Å². The summed E-state index contributed by atoms with van der Waals surface area (Å²) < 4.78 is 12.8. The zero-order valence-corrected chi connectivity index (χ0v) is 15.7. The van der Waals surface area contributed by atoms with E-state index in [-0.39, 0.29) is 5.78 Å². The van der Waals surface area contributed by atoms with Crippen molar-refractivity contribution in [3.63, 3.8) is 0 Å². The molecule has 0 bridgehead atoms. The van der Waals surface area contributed by atoms with Crippen molar-refractivity contribution >= 4 is 11.9 Å². The van der Waals surface area contributed by atoms with Gasteiger partial charge in [-0.2, -0.15) is 5.10 Å². The fourth-order valence-electron chi connectivity index (χ4n) is 2.68. The Bertz CT molecular complexity index is 956. The topological polar surface area (TPSA) is 53.3 Å². The first-order chi connectivity index (χ1) is 13.1. The van der Waals surface area contributed by atoms with Crippen LogP contribution in [0.2, 0.25) is 0 Å². The summed E-state index contributed by atoms with van der Waals surface area (Å²) in [5, 5.41) is 4.02. The highest BCUT2D eigenvalue weighted by atomic mass is 16.5. The number of methoxy groups -OCH3 is 1. The van der Waals surface area contributed by atoms with Crippen molar-refractivity contribution in [3.05, 3.63) is 83.2 Å². The Morgan fingerprint density at radius 1 is 1.15 bits per heavy atom. The quantitative estimate of drug-likeness (QED) is 0.467. The molecule has 3 aromatic rings. The molecule has 1 aromatic heterocycles. The SMILES string of the molecule is COc1ccc(/C=C/C(=O)c2ccnn2C)cc1COc1ccc(C)cc1. The van der Waals surface area contributed by atoms with Crippen molar-refractivity contribution in [2.45, 2.75) is 13.5 Å². The van der Waals surface area contributed by atoms with Gasteiger partial charge in [0.15, 0.2) is 0 Å². The normalized spacial score (nSPS) is 10.9. The average Bonchev–Trinajstić information content (AvgIpc) is 3.11. The van der Waals surface area contributed by atoms with Crippen LogP contribution in [0.25, 0.3) is 6.08 Å². The molecular formula is C22H22N2O3. The third-order valence-corrected chi connectivity index (χ3v) is 4.22. The maximum Gasteiger partial charge on any atom is 0.203 e. The number of rotatable bonds is 7. The largest absolute Gasteiger partial charge is 0.496 e. The van der Waals surface area contributed by atoms with Gasteiger partial charge in [-0.15, -0.1) is 0 Å². The highest BCUT2D eigenvalue weighted by Gasteiger charge is 2.08. The van der Waals surface area contributed by atoms with Crippen molar-refractivity contribution in [2.75, 3.05) is 7.11 Å². The highest BCUT2D eigenvalue weighted by Crippen LogP contribution is 2.23. The van der Waals surface area contributed by atoms with Gasteiger partial charge in [0.05, 0.1) is 7.11 Å². The summed E-state index contributed by atoms with van der Waals surface area (Å²) in [4.78, 5) is 12.2. The van der Waals surface area contributed by atoms with Crippen LogP contribution in [0.4, 0.5) is 0 Å². The Morgan fingerprint density at radius 2 is 1.93 bits per heavy atom. The number of aromatic nitrogens is 2. The minimum atomic E-state index is -0.0942. The van der Waals surface area contributed by atoms with E-state index in [1.807, 2.05) is 49.4 Å². The van der Waals surface area contributed by atoms with Gasteiger partial charge < -0.3 is 9.47 Å². The van der Waals surface area contributed by atoms with E-state index < -0.39 is 0 Å². The molecule has 27 heavy (non-hydrogen) atoms. The Kier molecular flexibility index (Phi) is 5.71. The van der Waals surface area contributed by atoms with Gasteiger partial charge in [0.2, 0.25) is 5.78 Å². The number of allylic oxidation sites excluding steroid dienone is 1. The molecule has 0 aliphatic rings. The van der Waals surface area contributed by atoms with E-state index in [1.165, 1.54) is 5.56 Å². The van der Waals surface area contributed by atoms with Crippen molar-refractivity contribution in [1.29, 1.82) is 0 Å². The molecule has 0 amide bonds. The van der Waals surface area contributed by atoms with Crippen LogP contribution in [-0.4, -0.2) is 22.7 Å². The molecule has 5 nitrogen and oxygen atoms in total. The van der Waals surface area contributed by atoms with Crippen molar-refractivity contribution in [1.82, 2.24) is 9.78 Å². The Hall–Kier alpha value is -3.34. The standard InChI is InChI=1S/C22H22N2O3/c1-16-4-8-19(9-5-16)27-15-18-14-17(7-11-22(18)26-3)6-10-21(25)20-12-13-23-24(20)2/h4-14H,15H2,1-3H3/b10-6+. The molecule has 0 saturated carbocycles. The molecule has 0 saturated heterocycles. The maximum atomic E-state index is 12.2. The van der Waals surface area contributed by atoms with E-state index in [0.29, 0.717) is 12.3 Å². The predicted octanol–water partition coefficient (Wildman–Crippen LogP) is 4.21. The second-order valence-corrected chi connectivity index (χ2v) is 6.21. The second-order valence-electron chi connectivity index (χ2n) is 6.21. The van der Waals surface area contributed by atoms with Gasteiger partial charge in [0.25, 0.3) is 0 Å². The number of benzene rings is 2. The summed E-state index contributed by atoms with van der Waals surface area (Å²) in [7, 11) is 3.38. The lowest BCUT2D eigenvalue weighted by Crippen LogP contribution is -2.03. The molecule has 0 aliphatic carbocycles. The van der Waals surface area contributed by atoms with Gasteiger partial charge in [-0.3, -0.25) is 9.48 Å². The van der Waals surface area contributed by atoms with Crippen molar-refractivity contribution < 1.29 is 14.3 Å². The third-order valence-electron chi connectivity index (χ3n) is 4.22. The average molecular weight is 362 g/mol. The van der Waals surface area contributed by atoms with Crippen LogP contribution >= 0.6 is 0 Å². The molecule has 0 fully saturated rings. The predicted molar refractivity (Wildman–Crippen MR) is 105 cm³/mol. The number of ether oxygens (including phenoxy) is 2. The van der Waals surface area contributed by atoms with Crippen LogP contribution < -0.4 is 9.47 Å². The number of nitrogens with zero attached hydrogens (tertiary/aromatic N) is 2.